The maximum Gasteiger partial charge on any atom is 0.193 e. The molecule has 3 aromatic heterocycles. The van der Waals surface area contributed by atoms with Gasteiger partial charge in [-0.1, -0.05) is 0 Å². The maximum absolute atomic E-state index is 4.48. The summed E-state index contributed by atoms with van der Waals surface area (Å²) in [6, 6.07) is 0. The molecule has 4 nitrogen and oxygen atoms in total. The van der Waals surface area contributed by atoms with Crippen molar-refractivity contribution in [1.29, 1.82) is 0 Å². The minimum Gasteiger partial charge on any atom is -0.297 e. The molecule has 3 aromatic rings. The topological polar surface area (TPSA) is 35.1 Å². The molecule has 0 bridgehead atoms. The first kappa shape index (κ1) is 9.11. The molecule has 15 heavy (non-hydrogen) atoms. The van der Waals surface area contributed by atoms with E-state index in [1.54, 1.807) is 17.5 Å². The number of hydrogen-bond acceptors (Lipinski definition) is 3. The lowest BCUT2D eigenvalue weighted by Gasteiger charge is -1.95. The second kappa shape index (κ2) is 3.46. The molecule has 0 spiro atoms. The summed E-state index contributed by atoms with van der Waals surface area (Å²) >= 11 is 5.00. The van der Waals surface area contributed by atoms with Crippen molar-refractivity contribution in [2.24, 2.45) is 0 Å². The average Bonchev–Trinajstić information content (AvgIpc) is 2.81. The van der Waals surface area contributed by atoms with Crippen LogP contribution in [-0.4, -0.2) is 19.2 Å². The summed E-state index contributed by atoms with van der Waals surface area (Å²) in [7, 11) is 0. The van der Waals surface area contributed by atoms with Crippen LogP contribution in [0.3, 0.4) is 0 Å². The van der Waals surface area contributed by atoms with Gasteiger partial charge in [0.1, 0.15) is 0 Å². The van der Waals surface area contributed by atoms with Crippen molar-refractivity contribution >= 4 is 32.2 Å². The van der Waals surface area contributed by atoms with Gasteiger partial charge in [0.2, 0.25) is 0 Å². The van der Waals surface area contributed by atoms with E-state index in [0.29, 0.717) is 6.54 Å². The molecule has 0 unspecified atom stereocenters. The molecular formula is C9H7BrN4S. The highest BCUT2D eigenvalue weighted by molar-refractivity contribution is 9.10. The Bertz CT molecular complexity index is 565. The molecule has 0 fully saturated rings. The molecular weight excluding hydrogens is 276 g/mol. The third kappa shape index (κ3) is 1.70. The van der Waals surface area contributed by atoms with Crippen LogP contribution in [0.4, 0.5) is 0 Å². The predicted molar refractivity (Wildman–Crippen MR) is 62.1 cm³/mol. The van der Waals surface area contributed by atoms with Crippen molar-refractivity contribution in [3.63, 3.8) is 0 Å². The summed E-state index contributed by atoms with van der Waals surface area (Å²) in [4.78, 5) is 5.51. The zero-order valence-electron chi connectivity index (χ0n) is 7.67. The lowest BCUT2D eigenvalue weighted by atomic mass is 10.5. The standard InChI is InChI=1S/C9H7BrN4S/c10-7-3-11-14(4-7)6-8-5-13-1-2-15-9(13)12-8/h1-5H,6H2. The van der Waals surface area contributed by atoms with Gasteiger partial charge in [-0.25, -0.2) is 4.98 Å². The lowest BCUT2D eigenvalue weighted by molar-refractivity contribution is 0.676. The molecule has 0 N–H and O–H groups in total. The Labute approximate surface area is 98.3 Å². The molecule has 0 atom stereocenters. The first-order chi connectivity index (χ1) is 7.31. The van der Waals surface area contributed by atoms with Crippen LogP contribution in [-0.2, 0) is 6.54 Å². The van der Waals surface area contributed by atoms with Crippen LogP contribution in [0.15, 0.2) is 34.6 Å². The van der Waals surface area contributed by atoms with E-state index < -0.39 is 0 Å². The third-order valence-corrected chi connectivity index (χ3v) is 3.25. The van der Waals surface area contributed by atoms with Crippen molar-refractivity contribution in [1.82, 2.24) is 19.2 Å². The highest BCUT2D eigenvalue weighted by atomic mass is 79.9. The van der Waals surface area contributed by atoms with Crippen LogP contribution in [0, 0.1) is 0 Å². The Kier molecular flexibility index (Phi) is 2.10. The minimum atomic E-state index is 0.708. The Balaban J connectivity index is 1.92. The molecule has 3 heterocycles. The Hall–Kier alpha value is -1.14. The molecule has 76 valence electrons. The summed E-state index contributed by atoms with van der Waals surface area (Å²) in [5.41, 5.74) is 1.03. The predicted octanol–water partition coefficient (Wildman–Crippen LogP) is 2.40. The second-order valence-electron chi connectivity index (χ2n) is 3.18. The fourth-order valence-corrected chi connectivity index (χ4v) is 2.49. The zero-order chi connectivity index (χ0) is 10.3. The monoisotopic (exact) mass is 282 g/mol. The number of imidazole rings is 1. The molecule has 3 rings (SSSR count). The number of rotatable bonds is 2. The van der Waals surface area contributed by atoms with E-state index in [1.165, 1.54) is 0 Å². The van der Waals surface area contributed by atoms with E-state index in [0.717, 1.165) is 15.1 Å². The minimum absolute atomic E-state index is 0.708. The number of thiazole rings is 1. The Morgan fingerprint density at radius 1 is 1.40 bits per heavy atom. The first-order valence-electron chi connectivity index (χ1n) is 4.40. The smallest absolute Gasteiger partial charge is 0.193 e. The van der Waals surface area contributed by atoms with E-state index >= 15 is 0 Å². The molecule has 0 amide bonds. The largest absolute Gasteiger partial charge is 0.297 e. The van der Waals surface area contributed by atoms with Gasteiger partial charge in [-0.2, -0.15) is 5.10 Å². The van der Waals surface area contributed by atoms with Crippen LogP contribution in [0.5, 0.6) is 0 Å². The van der Waals surface area contributed by atoms with Crippen molar-refractivity contribution in [2.75, 3.05) is 0 Å². The number of aromatic nitrogens is 4. The summed E-state index contributed by atoms with van der Waals surface area (Å²) in [6.07, 6.45) is 7.75. The van der Waals surface area contributed by atoms with Gasteiger partial charge in [0.25, 0.3) is 0 Å². The van der Waals surface area contributed by atoms with E-state index in [1.807, 2.05) is 33.1 Å². The van der Waals surface area contributed by atoms with E-state index in [2.05, 4.69) is 26.0 Å². The van der Waals surface area contributed by atoms with Gasteiger partial charge in [0.15, 0.2) is 4.96 Å². The maximum atomic E-state index is 4.48. The van der Waals surface area contributed by atoms with Crippen LogP contribution >= 0.6 is 27.3 Å². The molecule has 0 aliphatic carbocycles. The Morgan fingerprint density at radius 3 is 3.07 bits per heavy atom. The molecule has 0 aliphatic heterocycles. The van der Waals surface area contributed by atoms with E-state index in [9.17, 15) is 0 Å². The van der Waals surface area contributed by atoms with Crippen molar-refractivity contribution in [3.8, 4) is 0 Å². The van der Waals surface area contributed by atoms with Gasteiger partial charge in [-0.3, -0.25) is 9.08 Å². The zero-order valence-corrected chi connectivity index (χ0v) is 10.1. The summed E-state index contributed by atoms with van der Waals surface area (Å²) in [6.45, 7) is 0.708. The van der Waals surface area contributed by atoms with Gasteiger partial charge in [0, 0.05) is 24.0 Å². The van der Waals surface area contributed by atoms with Crippen molar-refractivity contribution < 1.29 is 0 Å². The van der Waals surface area contributed by atoms with Crippen LogP contribution in [0.25, 0.3) is 4.96 Å². The third-order valence-electron chi connectivity index (χ3n) is 2.07. The number of hydrogen-bond donors (Lipinski definition) is 0. The Morgan fingerprint density at radius 2 is 2.33 bits per heavy atom. The van der Waals surface area contributed by atoms with E-state index in [-0.39, 0.29) is 0 Å². The second-order valence-corrected chi connectivity index (χ2v) is 4.97. The summed E-state index contributed by atoms with van der Waals surface area (Å²) in [5, 5.41) is 6.21. The quantitative estimate of drug-likeness (QED) is 0.724. The number of nitrogens with zero attached hydrogens (tertiary/aromatic N) is 4. The van der Waals surface area contributed by atoms with Crippen LogP contribution < -0.4 is 0 Å². The number of fused-ring (bicyclic) bond motifs is 1. The molecule has 0 saturated carbocycles. The van der Waals surface area contributed by atoms with Crippen molar-refractivity contribution in [2.45, 2.75) is 6.54 Å². The average molecular weight is 283 g/mol. The highest BCUT2D eigenvalue weighted by Crippen LogP contribution is 2.13. The summed E-state index contributed by atoms with van der Waals surface area (Å²) < 4.78 is 4.87. The normalized spacial score (nSPS) is 11.3. The fraction of sp³-hybridized carbons (Fsp3) is 0.111. The van der Waals surface area contributed by atoms with Crippen molar-refractivity contribution in [3.05, 3.63) is 40.3 Å². The van der Waals surface area contributed by atoms with E-state index in [4.69, 9.17) is 0 Å². The van der Waals surface area contributed by atoms with Gasteiger partial charge in [-0.15, -0.1) is 11.3 Å². The number of halogens is 1. The molecule has 0 saturated heterocycles. The molecule has 0 radical (unpaired) electrons. The molecule has 0 aromatic carbocycles. The fourth-order valence-electron chi connectivity index (χ4n) is 1.44. The lowest BCUT2D eigenvalue weighted by Crippen LogP contribution is -1.99. The van der Waals surface area contributed by atoms with Gasteiger partial charge in [-0.05, 0) is 15.9 Å². The molecule has 6 heteroatoms. The first-order valence-corrected chi connectivity index (χ1v) is 6.07. The van der Waals surface area contributed by atoms with Crippen LogP contribution in [0.2, 0.25) is 0 Å². The van der Waals surface area contributed by atoms with Crippen LogP contribution in [0.1, 0.15) is 5.69 Å². The highest BCUT2D eigenvalue weighted by Gasteiger charge is 2.03. The molecule has 0 aliphatic rings. The van der Waals surface area contributed by atoms with Gasteiger partial charge >= 0.3 is 0 Å². The SMILES string of the molecule is Brc1cnn(Cc2cn3ccsc3n2)c1. The van der Waals surface area contributed by atoms with Gasteiger partial charge < -0.3 is 0 Å². The van der Waals surface area contributed by atoms with Gasteiger partial charge in [0.05, 0.1) is 22.9 Å². The summed E-state index contributed by atoms with van der Waals surface area (Å²) in [5.74, 6) is 0.